The second kappa shape index (κ2) is 7.90. The molecule has 2 aromatic rings. The van der Waals surface area contributed by atoms with Crippen LogP contribution >= 0.6 is 23.8 Å². The monoisotopic (exact) mass is 400 g/mol. The summed E-state index contributed by atoms with van der Waals surface area (Å²) in [5.41, 5.74) is 1.63. The van der Waals surface area contributed by atoms with Crippen LogP contribution in [0.1, 0.15) is 11.1 Å². The van der Waals surface area contributed by atoms with Gasteiger partial charge in [0.25, 0.3) is 11.8 Å². The van der Waals surface area contributed by atoms with Gasteiger partial charge in [-0.15, -0.1) is 0 Å². The van der Waals surface area contributed by atoms with Crippen LogP contribution in [0.3, 0.4) is 0 Å². The first-order valence-corrected chi connectivity index (χ1v) is 8.95. The summed E-state index contributed by atoms with van der Waals surface area (Å²) in [5.74, 6) is -0.301. The number of hydrogen-bond acceptors (Lipinski definition) is 4. The molecule has 0 unspecified atom stereocenters. The summed E-state index contributed by atoms with van der Waals surface area (Å²) in [6.45, 7) is 0.336. The van der Waals surface area contributed by atoms with Gasteiger partial charge in [-0.3, -0.25) is 19.4 Å². The van der Waals surface area contributed by atoms with E-state index in [2.05, 4.69) is 0 Å². The molecule has 1 aliphatic rings. The minimum Gasteiger partial charge on any atom is -0.488 e. The quantitative estimate of drug-likeness (QED) is 0.447. The number of likely N-dealkylation sites (N-methyl/N-ethyl adjacent to an activating group) is 2. The van der Waals surface area contributed by atoms with Gasteiger partial charge >= 0.3 is 0 Å². The standard InChI is InChI=1S/C20H17ClN2O3S/c1-22-18(24)16(19(25)23(2)20(22)27)11-14-5-3-4-6-17(14)26-12-13-7-9-15(21)10-8-13/h3-11H,12H2,1-2H3. The maximum atomic E-state index is 12.5. The van der Waals surface area contributed by atoms with Gasteiger partial charge in [0.05, 0.1) is 0 Å². The van der Waals surface area contributed by atoms with Crippen LogP contribution < -0.4 is 4.74 Å². The molecular weight excluding hydrogens is 384 g/mol. The molecule has 0 bridgehead atoms. The molecule has 5 nitrogen and oxygen atoms in total. The van der Waals surface area contributed by atoms with Crippen molar-refractivity contribution in [3.8, 4) is 5.75 Å². The molecule has 1 fully saturated rings. The van der Waals surface area contributed by atoms with E-state index in [1.165, 1.54) is 15.9 Å². The number of benzene rings is 2. The van der Waals surface area contributed by atoms with Crippen molar-refractivity contribution in [2.24, 2.45) is 0 Å². The zero-order valence-corrected chi connectivity index (χ0v) is 16.4. The van der Waals surface area contributed by atoms with Gasteiger partial charge in [-0.1, -0.05) is 41.9 Å². The average Bonchev–Trinajstić information content (AvgIpc) is 2.68. The van der Waals surface area contributed by atoms with Crippen LogP contribution in [0.25, 0.3) is 6.08 Å². The number of ether oxygens (including phenoxy) is 1. The molecule has 0 saturated carbocycles. The minimum atomic E-state index is -0.435. The van der Waals surface area contributed by atoms with Gasteiger partial charge in [0.1, 0.15) is 17.9 Å². The van der Waals surface area contributed by atoms with Gasteiger partial charge in [0.2, 0.25) is 0 Å². The van der Waals surface area contributed by atoms with Gasteiger partial charge < -0.3 is 4.74 Å². The number of amides is 2. The maximum Gasteiger partial charge on any atom is 0.265 e. The first-order valence-electron chi connectivity index (χ1n) is 8.16. The van der Waals surface area contributed by atoms with Gasteiger partial charge in [-0.25, -0.2) is 0 Å². The lowest BCUT2D eigenvalue weighted by Gasteiger charge is -2.31. The second-order valence-electron chi connectivity index (χ2n) is 6.02. The topological polar surface area (TPSA) is 49.9 Å². The Morgan fingerprint density at radius 1 is 1.00 bits per heavy atom. The largest absolute Gasteiger partial charge is 0.488 e. The van der Waals surface area contributed by atoms with Gasteiger partial charge in [0, 0.05) is 24.7 Å². The van der Waals surface area contributed by atoms with E-state index in [0.717, 1.165) is 5.56 Å². The molecule has 1 heterocycles. The van der Waals surface area contributed by atoms with Crippen molar-refractivity contribution in [3.05, 3.63) is 70.3 Å². The van der Waals surface area contributed by atoms with E-state index in [-0.39, 0.29) is 10.7 Å². The molecule has 7 heteroatoms. The number of carbonyl (C=O) groups excluding carboxylic acids is 2. The van der Waals surface area contributed by atoms with Gasteiger partial charge in [-0.2, -0.15) is 0 Å². The Kier molecular flexibility index (Phi) is 5.58. The first kappa shape index (κ1) is 19.1. The molecule has 2 aromatic carbocycles. The fourth-order valence-electron chi connectivity index (χ4n) is 2.60. The number of nitrogens with zero attached hydrogens (tertiary/aromatic N) is 2. The summed E-state index contributed by atoms with van der Waals surface area (Å²) >= 11 is 11.0. The lowest BCUT2D eigenvalue weighted by atomic mass is 10.1. The average molecular weight is 401 g/mol. The Morgan fingerprint density at radius 2 is 1.59 bits per heavy atom. The number of halogens is 1. The molecule has 3 rings (SSSR count). The molecule has 27 heavy (non-hydrogen) atoms. The Hall–Kier alpha value is -2.70. The fourth-order valence-corrected chi connectivity index (χ4v) is 2.90. The Balaban J connectivity index is 1.88. The summed E-state index contributed by atoms with van der Waals surface area (Å²) in [6, 6.07) is 14.6. The summed E-state index contributed by atoms with van der Waals surface area (Å²) < 4.78 is 5.89. The molecule has 1 aliphatic heterocycles. The zero-order chi connectivity index (χ0) is 19.6. The van der Waals surface area contributed by atoms with Crippen molar-refractivity contribution in [1.82, 2.24) is 9.80 Å². The Labute approximate surface area is 167 Å². The highest BCUT2D eigenvalue weighted by atomic mass is 35.5. The lowest BCUT2D eigenvalue weighted by molar-refractivity contribution is -0.132. The summed E-state index contributed by atoms with van der Waals surface area (Å²) in [7, 11) is 3.09. The number of para-hydroxylation sites is 1. The molecular formula is C20H17ClN2O3S. The van der Waals surface area contributed by atoms with Crippen LogP contribution in [-0.4, -0.2) is 40.8 Å². The van der Waals surface area contributed by atoms with E-state index >= 15 is 0 Å². The lowest BCUT2D eigenvalue weighted by Crippen LogP contribution is -2.52. The van der Waals surface area contributed by atoms with Crippen LogP contribution in [0.2, 0.25) is 5.02 Å². The third kappa shape index (κ3) is 4.02. The van der Waals surface area contributed by atoms with Crippen molar-refractivity contribution in [3.63, 3.8) is 0 Å². The molecule has 0 atom stereocenters. The Bertz CT molecular complexity index is 914. The van der Waals surface area contributed by atoms with E-state index in [4.69, 9.17) is 28.6 Å². The van der Waals surface area contributed by atoms with Crippen LogP contribution in [0, 0.1) is 0 Å². The molecule has 0 radical (unpaired) electrons. The van der Waals surface area contributed by atoms with Gasteiger partial charge in [-0.05, 0) is 42.1 Å². The maximum absolute atomic E-state index is 12.5. The third-order valence-electron chi connectivity index (χ3n) is 4.17. The Morgan fingerprint density at radius 3 is 2.22 bits per heavy atom. The highest BCUT2D eigenvalue weighted by molar-refractivity contribution is 7.80. The van der Waals surface area contributed by atoms with Crippen LogP contribution in [0.5, 0.6) is 5.75 Å². The molecule has 0 aromatic heterocycles. The van der Waals surface area contributed by atoms with Crippen molar-refractivity contribution < 1.29 is 14.3 Å². The van der Waals surface area contributed by atoms with Crippen molar-refractivity contribution in [2.75, 3.05) is 14.1 Å². The van der Waals surface area contributed by atoms with E-state index < -0.39 is 11.8 Å². The molecule has 2 amide bonds. The first-order chi connectivity index (χ1) is 12.9. The van der Waals surface area contributed by atoms with E-state index in [1.807, 2.05) is 24.3 Å². The molecule has 138 valence electrons. The van der Waals surface area contributed by atoms with Crippen molar-refractivity contribution >= 4 is 46.8 Å². The fraction of sp³-hybridized carbons (Fsp3) is 0.150. The molecule has 1 saturated heterocycles. The number of hydrogen-bond donors (Lipinski definition) is 0. The summed E-state index contributed by atoms with van der Waals surface area (Å²) in [4.78, 5) is 27.5. The van der Waals surface area contributed by atoms with E-state index in [0.29, 0.717) is 22.9 Å². The highest BCUT2D eigenvalue weighted by Crippen LogP contribution is 2.25. The molecule has 0 aliphatic carbocycles. The third-order valence-corrected chi connectivity index (χ3v) is 4.97. The predicted molar refractivity (Wildman–Crippen MR) is 108 cm³/mol. The SMILES string of the molecule is CN1C(=O)C(=Cc2ccccc2OCc2ccc(Cl)cc2)C(=O)N(C)C1=S. The smallest absolute Gasteiger partial charge is 0.265 e. The minimum absolute atomic E-state index is 0.0381. The highest BCUT2D eigenvalue weighted by Gasteiger charge is 2.35. The van der Waals surface area contributed by atoms with Crippen molar-refractivity contribution in [2.45, 2.75) is 6.61 Å². The van der Waals surface area contributed by atoms with Crippen LogP contribution in [0.4, 0.5) is 0 Å². The van der Waals surface area contributed by atoms with E-state index in [1.54, 1.807) is 38.4 Å². The zero-order valence-electron chi connectivity index (χ0n) is 14.8. The number of thiocarbonyl (C=S) groups is 1. The van der Waals surface area contributed by atoms with Crippen LogP contribution in [-0.2, 0) is 16.2 Å². The molecule has 0 spiro atoms. The predicted octanol–water partition coefficient (Wildman–Crippen LogP) is 3.52. The number of carbonyl (C=O) groups is 2. The molecule has 0 N–H and O–H groups in total. The summed E-state index contributed by atoms with van der Waals surface area (Å²) in [5, 5.41) is 0.832. The number of rotatable bonds is 4. The van der Waals surface area contributed by atoms with Crippen molar-refractivity contribution in [1.29, 1.82) is 0 Å². The second-order valence-corrected chi connectivity index (χ2v) is 6.82. The summed E-state index contributed by atoms with van der Waals surface area (Å²) in [6.07, 6.45) is 1.54. The van der Waals surface area contributed by atoms with Crippen LogP contribution in [0.15, 0.2) is 54.1 Å². The van der Waals surface area contributed by atoms with Gasteiger partial charge in [0.15, 0.2) is 5.11 Å². The normalized spacial score (nSPS) is 14.6. The van der Waals surface area contributed by atoms with E-state index in [9.17, 15) is 9.59 Å².